The van der Waals surface area contributed by atoms with E-state index >= 15 is 8.78 Å². The number of halogens is 2. The highest BCUT2D eigenvalue weighted by Gasteiger charge is 2.24. The molecule has 13 heteroatoms. The first kappa shape index (κ1) is 32.3. The Balaban J connectivity index is 1.31. The number of imidazole rings is 1. The van der Waals surface area contributed by atoms with Crippen LogP contribution in [0.15, 0.2) is 40.1 Å². The van der Waals surface area contributed by atoms with Crippen molar-refractivity contribution in [1.29, 1.82) is 0 Å². The fourth-order valence-electron chi connectivity index (χ4n) is 5.99. The van der Waals surface area contributed by atoms with Crippen molar-refractivity contribution in [2.24, 2.45) is 15.7 Å². The Bertz CT molecular complexity index is 1630. The number of rotatable bonds is 8. The summed E-state index contributed by atoms with van der Waals surface area (Å²) in [6.45, 7) is 13.7. The number of nitrogens with one attached hydrogen (secondary N) is 1. The number of aryl methyl sites for hydroxylation is 2. The second-order valence-corrected chi connectivity index (χ2v) is 11.6. The third-order valence-electron chi connectivity index (χ3n) is 8.10. The maximum Gasteiger partial charge on any atom is 0.255 e. The first-order valence-corrected chi connectivity index (χ1v) is 15.3. The van der Waals surface area contributed by atoms with Gasteiger partial charge in [-0.2, -0.15) is 0 Å². The largest absolute Gasteiger partial charge is 0.390 e. The van der Waals surface area contributed by atoms with Crippen molar-refractivity contribution in [3.8, 4) is 0 Å². The highest BCUT2D eigenvalue weighted by Crippen LogP contribution is 2.29. The van der Waals surface area contributed by atoms with Crippen LogP contribution in [0.3, 0.4) is 0 Å². The average molecular weight is 622 g/mol. The van der Waals surface area contributed by atoms with Crippen LogP contribution in [0.4, 0.5) is 14.6 Å². The maximum absolute atomic E-state index is 15.5. The molecule has 2 aromatic heterocycles. The van der Waals surface area contributed by atoms with Crippen LogP contribution in [0.5, 0.6) is 0 Å². The summed E-state index contributed by atoms with van der Waals surface area (Å²) in [6, 6.07) is 6.07. The van der Waals surface area contributed by atoms with Gasteiger partial charge in [-0.25, -0.2) is 28.7 Å². The number of aromatic nitrogens is 3. The summed E-state index contributed by atoms with van der Waals surface area (Å²) in [7, 11) is 0. The summed E-state index contributed by atoms with van der Waals surface area (Å²) < 4.78 is 38.3. The van der Waals surface area contributed by atoms with Crippen LogP contribution in [0.2, 0.25) is 0 Å². The molecule has 1 amide bonds. The Morgan fingerprint density at radius 2 is 2.02 bits per heavy atom. The number of nitrogens with two attached hydrogens (primary N) is 1. The standard InChI is InChI=1S/C32H41F2N9O2/c1-20(2)43-22(4)40-31-26(33)14-23(15-28(31)43)30(38-19-35)27(34)17-37-29-7-6-25(21(3)39-29)32(44)42-10-5-9-41(11-12-42)18-24-16-36-8-13-45-24/h6-7,14-15,17,19-20,24,36H,5,8-13,16,18H2,1-4H3,(H2,35,38)/b30-27+,37-17-. The van der Waals surface area contributed by atoms with Gasteiger partial charge in [-0.3, -0.25) is 9.69 Å². The summed E-state index contributed by atoms with van der Waals surface area (Å²) in [6.07, 6.45) is 2.95. The van der Waals surface area contributed by atoms with Gasteiger partial charge in [0, 0.05) is 50.9 Å². The number of aliphatic imine (C=N–C) groups is 2. The van der Waals surface area contributed by atoms with Crippen LogP contribution in [0.25, 0.3) is 16.7 Å². The Labute approximate surface area is 261 Å². The molecule has 5 rings (SSSR count). The van der Waals surface area contributed by atoms with Gasteiger partial charge >= 0.3 is 0 Å². The van der Waals surface area contributed by atoms with Crippen molar-refractivity contribution in [2.45, 2.75) is 46.3 Å². The van der Waals surface area contributed by atoms with E-state index in [1.165, 1.54) is 6.07 Å². The molecular formula is C32H41F2N9O2. The number of amides is 1. The molecule has 2 aliphatic heterocycles. The Hall–Kier alpha value is -4.07. The van der Waals surface area contributed by atoms with Crippen molar-refractivity contribution in [3.63, 3.8) is 0 Å². The monoisotopic (exact) mass is 621 g/mol. The lowest BCUT2D eigenvalue weighted by Gasteiger charge is -2.29. The normalized spacial score (nSPS) is 19.2. The number of pyridine rings is 1. The molecule has 2 fully saturated rings. The van der Waals surface area contributed by atoms with Gasteiger partial charge in [0.25, 0.3) is 5.91 Å². The van der Waals surface area contributed by atoms with E-state index in [0.29, 0.717) is 35.7 Å². The lowest BCUT2D eigenvalue weighted by Crippen LogP contribution is -2.46. The zero-order valence-corrected chi connectivity index (χ0v) is 26.3. The van der Waals surface area contributed by atoms with Gasteiger partial charge < -0.3 is 25.3 Å². The molecule has 3 aromatic rings. The number of hydrogen-bond donors (Lipinski definition) is 2. The quantitative estimate of drug-likeness (QED) is 0.288. The smallest absolute Gasteiger partial charge is 0.255 e. The molecule has 0 bridgehead atoms. The zero-order valence-electron chi connectivity index (χ0n) is 26.3. The van der Waals surface area contributed by atoms with Gasteiger partial charge in [-0.1, -0.05) is 0 Å². The molecule has 1 unspecified atom stereocenters. The lowest BCUT2D eigenvalue weighted by molar-refractivity contribution is 0.00630. The predicted molar refractivity (Wildman–Crippen MR) is 172 cm³/mol. The van der Waals surface area contributed by atoms with E-state index in [-0.39, 0.29) is 40.6 Å². The summed E-state index contributed by atoms with van der Waals surface area (Å²) in [4.78, 5) is 34.6. The molecule has 240 valence electrons. The van der Waals surface area contributed by atoms with E-state index < -0.39 is 11.6 Å². The van der Waals surface area contributed by atoms with Crippen LogP contribution >= 0.6 is 0 Å². The minimum absolute atomic E-state index is 0.0128. The first-order chi connectivity index (χ1) is 21.7. The Morgan fingerprint density at radius 3 is 2.73 bits per heavy atom. The number of morpholine rings is 1. The summed E-state index contributed by atoms with van der Waals surface area (Å²) in [5, 5.41) is 3.36. The molecule has 2 saturated heterocycles. The SMILES string of the molecule is Cc1nc(\N=C/C(F)=C(\N=C\N)c2cc(F)c3nc(C)n(C(C)C)c3c2)ccc1C(=O)N1CCCN(CC2CNCCO2)CC1. The van der Waals surface area contributed by atoms with Gasteiger partial charge in [0.15, 0.2) is 17.5 Å². The van der Waals surface area contributed by atoms with Crippen LogP contribution in [0, 0.1) is 19.7 Å². The van der Waals surface area contributed by atoms with E-state index in [4.69, 9.17) is 10.5 Å². The van der Waals surface area contributed by atoms with Gasteiger partial charge in [0.2, 0.25) is 0 Å². The molecule has 3 N–H and O–H groups in total. The average Bonchev–Trinajstić information content (AvgIpc) is 3.19. The third kappa shape index (κ3) is 7.43. The highest BCUT2D eigenvalue weighted by atomic mass is 19.1. The molecular weight excluding hydrogens is 580 g/mol. The number of ether oxygens (including phenoxy) is 1. The fraction of sp³-hybridized carbons (Fsp3) is 0.469. The molecule has 1 aromatic carbocycles. The van der Waals surface area contributed by atoms with Crippen molar-refractivity contribution >= 4 is 41.0 Å². The van der Waals surface area contributed by atoms with Crippen LogP contribution < -0.4 is 11.1 Å². The highest BCUT2D eigenvalue weighted by molar-refractivity contribution is 5.96. The van der Waals surface area contributed by atoms with E-state index in [2.05, 4.69) is 30.2 Å². The number of hydrogen-bond acceptors (Lipinski definition) is 8. The number of fused-ring (bicyclic) bond motifs is 1. The lowest BCUT2D eigenvalue weighted by atomic mass is 10.1. The van der Waals surface area contributed by atoms with Crippen molar-refractivity contribution < 1.29 is 18.3 Å². The van der Waals surface area contributed by atoms with Gasteiger partial charge in [-0.15, -0.1) is 0 Å². The van der Waals surface area contributed by atoms with Crippen molar-refractivity contribution in [2.75, 3.05) is 52.4 Å². The van der Waals surface area contributed by atoms with Crippen LogP contribution in [0.1, 0.15) is 53.7 Å². The number of carbonyl (C=O) groups is 1. The summed E-state index contributed by atoms with van der Waals surface area (Å²) >= 11 is 0. The van der Waals surface area contributed by atoms with Crippen LogP contribution in [-0.2, 0) is 4.74 Å². The summed E-state index contributed by atoms with van der Waals surface area (Å²) in [5.41, 5.74) is 7.23. The molecule has 0 aliphatic carbocycles. The minimum Gasteiger partial charge on any atom is -0.390 e. The molecule has 11 nitrogen and oxygen atoms in total. The zero-order chi connectivity index (χ0) is 32.1. The minimum atomic E-state index is -0.828. The van der Waals surface area contributed by atoms with Gasteiger partial charge in [-0.05, 0) is 64.9 Å². The van der Waals surface area contributed by atoms with Crippen LogP contribution in [-0.4, -0.2) is 101 Å². The third-order valence-corrected chi connectivity index (χ3v) is 8.10. The molecule has 2 aliphatic rings. The number of allylic oxidation sites excluding steroid dienone is 1. The number of nitrogens with zero attached hydrogens (tertiary/aromatic N) is 7. The second kappa shape index (κ2) is 14.4. The Morgan fingerprint density at radius 1 is 1.20 bits per heavy atom. The molecule has 0 radical (unpaired) electrons. The molecule has 0 saturated carbocycles. The first-order valence-electron chi connectivity index (χ1n) is 15.3. The van der Waals surface area contributed by atoms with E-state index in [1.54, 1.807) is 32.0 Å². The molecule has 45 heavy (non-hydrogen) atoms. The fourth-order valence-corrected chi connectivity index (χ4v) is 5.99. The molecule has 4 heterocycles. The predicted octanol–water partition coefficient (Wildman–Crippen LogP) is 3.93. The Kier molecular flexibility index (Phi) is 10.3. The van der Waals surface area contributed by atoms with Crippen molar-refractivity contribution in [1.82, 2.24) is 29.7 Å². The molecule has 0 spiro atoms. The van der Waals surface area contributed by atoms with Gasteiger partial charge in [0.05, 0.1) is 42.0 Å². The van der Waals surface area contributed by atoms with Gasteiger partial charge in [0.1, 0.15) is 17.0 Å². The molecule has 1 atom stereocenters. The second-order valence-electron chi connectivity index (χ2n) is 11.6. The summed E-state index contributed by atoms with van der Waals surface area (Å²) in [5.74, 6) is -0.648. The maximum atomic E-state index is 15.5. The van der Waals surface area contributed by atoms with E-state index in [0.717, 1.165) is 58.3 Å². The number of benzene rings is 1. The van der Waals surface area contributed by atoms with Crippen molar-refractivity contribution in [3.05, 3.63) is 58.6 Å². The topological polar surface area (TPSA) is 126 Å². The van der Waals surface area contributed by atoms with E-state index in [9.17, 15) is 4.79 Å². The number of carbonyl (C=O) groups excluding carboxylic acids is 1. The van der Waals surface area contributed by atoms with E-state index in [1.807, 2.05) is 23.3 Å².